The van der Waals surface area contributed by atoms with Gasteiger partial charge in [0.1, 0.15) is 0 Å². The van der Waals surface area contributed by atoms with E-state index in [0.717, 1.165) is 19.1 Å². The van der Waals surface area contributed by atoms with Crippen molar-refractivity contribution in [1.82, 2.24) is 9.80 Å². The van der Waals surface area contributed by atoms with E-state index in [4.69, 9.17) is 5.73 Å². The highest BCUT2D eigenvalue weighted by Gasteiger charge is 2.31. The van der Waals surface area contributed by atoms with Gasteiger partial charge in [0, 0.05) is 31.2 Å². The van der Waals surface area contributed by atoms with Gasteiger partial charge >= 0.3 is 0 Å². The minimum atomic E-state index is 0.0755. The van der Waals surface area contributed by atoms with Crippen LogP contribution in [-0.4, -0.2) is 65.8 Å². The van der Waals surface area contributed by atoms with E-state index in [-0.39, 0.29) is 18.7 Å². The first kappa shape index (κ1) is 16.2. The van der Waals surface area contributed by atoms with Gasteiger partial charge in [-0.3, -0.25) is 4.90 Å². The monoisotopic (exact) mass is 283 g/mol. The zero-order chi connectivity index (χ0) is 14.5. The molecule has 0 spiro atoms. The van der Waals surface area contributed by atoms with Crippen molar-refractivity contribution in [3.05, 3.63) is 0 Å². The maximum atomic E-state index is 9.68. The molecule has 2 saturated heterocycles. The van der Waals surface area contributed by atoms with E-state index in [2.05, 4.69) is 23.6 Å². The Hall–Kier alpha value is -0.160. The van der Waals surface area contributed by atoms with Gasteiger partial charge in [-0.25, -0.2) is 0 Å². The molecule has 0 bridgehead atoms. The van der Waals surface area contributed by atoms with Gasteiger partial charge in [0.2, 0.25) is 0 Å². The second-order valence-corrected chi connectivity index (χ2v) is 6.94. The lowest BCUT2D eigenvalue weighted by molar-refractivity contribution is 0.0376. The van der Waals surface area contributed by atoms with Gasteiger partial charge in [0.15, 0.2) is 0 Å². The largest absolute Gasteiger partial charge is 0.395 e. The second-order valence-electron chi connectivity index (χ2n) is 6.94. The van der Waals surface area contributed by atoms with E-state index in [9.17, 15) is 5.11 Å². The molecule has 2 fully saturated rings. The van der Waals surface area contributed by atoms with Crippen LogP contribution >= 0.6 is 0 Å². The molecule has 0 aliphatic carbocycles. The summed E-state index contributed by atoms with van der Waals surface area (Å²) >= 11 is 0. The molecule has 118 valence electrons. The topological polar surface area (TPSA) is 52.7 Å². The Morgan fingerprint density at radius 3 is 2.15 bits per heavy atom. The summed E-state index contributed by atoms with van der Waals surface area (Å²) in [5.74, 6) is 0.423. The molecule has 0 aromatic rings. The average molecular weight is 283 g/mol. The molecule has 0 saturated carbocycles. The summed E-state index contributed by atoms with van der Waals surface area (Å²) in [6.07, 6.45) is 6.63. The molecule has 0 aromatic carbocycles. The molecule has 0 radical (unpaired) electrons. The number of nitrogens with two attached hydrogens (primary N) is 1. The summed E-state index contributed by atoms with van der Waals surface area (Å²) in [6.45, 7) is 9.24. The summed E-state index contributed by atoms with van der Waals surface area (Å²) in [5.41, 5.74) is 6.27. The summed E-state index contributed by atoms with van der Waals surface area (Å²) in [5, 5.41) is 9.68. The van der Waals surface area contributed by atoms with E-state index in [1.54, 1.807) is 0 Å². The first-order valence-electron chi connectivity index (χ1n) is 8.48. The Labute approximate surface area is 124 Å². The molecule has 4 nitrogen and oxygen atoms in total. The molecule has 2 atom stereocenters. The smallest absolute Gasteiger partial charge is 0.0602 e. The highest BCUT2D eigenvalue weighted by Crippen LogP contribution is 2.23. The van der Waals surface area contributed by atoms with Gasteiger partial charge in [-0.1, -0.05) is 20.3 Å². The number of nitrogens with zero attached hydrogens (tertiary/aromatic N) is 2. The quantitative estimate of drug-likeness (QED) is 0.798. The third kappa shape index (κ3) is 3.94. The van der Waals surface area contributed by atoms with Crippen LogP contribution in [0.3, 0.4) is 0 Å². The van der Waals surface area contributed by atoms with Gasteiger partial charge in [0.05, 0.1) is 6.61 Å². The number of aliphatic hydroxyl groups excluding tert-OH is 1. The van der Waals surface area contributed by atoms with Crippen LogP contribution in [0.4, 0.5) is 0 Å². The van der Waals surface area contributed by atoms with Gasteiger partial charge < -0.3 is 15.7 Å². The maximum Gasteiger partial charge on any atom is 0.0602 e. The number of hydrogen-bond donors (Lipinski definition) is 2. The number of aliphatic hydroxyl groups is 1. The van der Waals surface area contributed by atoms with Crippen molar-refractivity contribution in [2.24, 2.45) is 11.7 Å². The van der Waals surface area contributed by atoms with Gasteiger partial charge in [0.25, 0.3) is 0 Å². The van der Waals surface area contributed by atoms with Crippen molar-refractivity contribution in [3.63, 3.8) is 0 Å². The summed E-state index contributed by atoms with van der Waals surface area (Å²) in [7, 11) is 0. The average Bonchev–Trinajstić information content (AvgIpc) is 2.49. The fourth-order valence-corrected chi connectivity index (χ4v) is 3.79. The lowest BCUT2D eigenvalue weighted by Crippen LogP contribution is -2.56. The van der Waals surface area contributed by atoms with Crippen LogP contribution in [-0.2, 0) is 0 Å². The number of rotatable bonds is 5. The Bertz CT molecular complexity index is 271. The van der Waals surface area contributed by atoms with Crippen LogP contribution in [0, 0.1) is 5.92 Å². The van der Waals surface area contributed by atoms with Crippen LogP contribution in [0.2, 0.25) is 0 Å². The summed E-state index contributed by atoms with van der Waals surface area (Å²) in [4.78, 5) is 5.11. The Morgan fingerprint density at radius 2 is 1.65 bits per heavy atom. The molecule has 0 amide bonds. The molecule has 0 aromatic heterocycles. The van der Waals surface area contributed by atoms with Crippen molar-refractivity contribution in [2.75, 3.05) is 32.8 Å². The third-order valence-corrected chi connectivity index (χ3v) is 5.28. The van der Waals surface area contributed by atoms with Crippen molar-refractivity contribution < 1.29 is 5.11 Å². The van der Waals surface area contributed by atoms with Crippen molar-refractivity contribution in [1.29, 1.82) is 0 Å². The predicted octanol–water partition coefficient (Wildman–Crippen LogP) is 1.28. The number of likely N-dealkylation sites (tertiary alicyclic amines) is 2. The molecule has 3 N–H and O–H groups in total. The fraction of sp³-hybridized carbons (Fsp3) is 1.00. The summed E-state index contributed by atoms with van der Waals surface area (Å²) in [6, 6.07) is 0.977. The highest BCUT2D eigenvalue weighted by atomic mass is 16.3. The standard InChI is InChI=1S/C16H33N3O/c1-13(2)16(17)15(12-20)19-10-6-14(7-11-19)18-8-4-3-5-9-18/h13-16,20H,3-12,17H2,1-2H3. The van der Waals surface area contributed by atoms with E-state index in [1.165, 1.54) is 45.2 Å². The SMILES string of the molecule is CC(C)C(N)C(CO)N1CCC(N2CCCCC2)CC1. The van der Waals surface area contributed by atoms with Crippen LogP contribution in [0.25, 0.3) is 0 Å². The molecule has 20 heavy (non-hydrogen) atoms. The molecule has 2 aliphatic rings. The lowest BCUT2D eigenvalue weighted by atomic mass is 9.93. The first-order chi connectivity index (χ1) is 9.63. The molecule has 4 heteroatoms. The van der Waals surface area contributed by atoms with Crippen LogP contribution in [0.1, 0.15) is 46.0 Å². The predicted molar refractivity (Wildman–Crippen MR) is 83.7 cm³/mol. The van der Waals surface area contributed by atoms with E-state index >= 15 is 0 Å². The number of hydrogen-bond acceptors (Lipinski definition) is 4. The molecule has 2 heterocycles. The van der Waals surface area contributed by atoms with E-state index in [0.29, 0.717) is 5.92 Å². The second kappa shape index (κ2) is 7.74. The normalized spacial score (nSPS) is 26.9. The molecule has 2 unspecified atom stereocenters. The Morgan fingerprint density at radius 1 is 1.05 bits per heavy atom. The Balaban J connectivity index is 1.83. The maximum absolute atomic E-state index is 9.68. The Kier molecular flexibility index (Phi) is 6.27. The van der Waals surface area contributed by atoms with Gasteiger partial charge in [-0.05, 0) is 44.7 Å². The number of piperidine rings is 2. The van der Waals surface area contributed by atoms with Crippen LogP contribution < -0.4 is 5.73 Å². The van der Waals surface area contributed by atoms with Gasteiger partial charge in [-0.15, -0.1) is 0 Å². The van der Waals surface area contributed by atoms with Crippen molar-refractivity contribution in [2.45, 2.75) is 64.1 Å². The van der Waals surface area contributed by atoms with Crippen LogP contribution in [0.5, 0.6) is 0 Å². The fourth-order valence-electron chi connectivity index (χ4n) is 3.79. The molecule has 2 aliphatic heterocycles. The zero-order valence-corrected chi connectivity index (χ0v) is 13.3. The molecular formula is C16H33N3O. The minimum Gasteiger partial charge on any atom is -0.395 e. The molecule has 2 rings (SSSR count). The molecular weight excluding hydrogens is 250 g/mol. The zero-order valence-electron chi connectivity index (χ0n) is 13.3. The third-order valence-electron chi connectivity index (χ3n) is 5.28. The van der Waals surface area contributed by atoms with E-state index < -0.39 is 0 Å². The highest BCUT2D eigenvalue weighted by molar-refractivity contribution is 4.89. The van der Waals surface area contributed by atoms with Crippen molar-refractivity contribution in [3.8, 4) is 0 Å². The van der Waals surface area contributed by atoms with Gasteiger partial charge in [-0.2, -0.15) is 0 Å². The summed E-state index contributed by atoms with van der Waals surface area (Å²) < 4.78 is 0. The van der Waals surface area contributed by atoms with Crippen LogP contribution in [0.15, 0.2) is 0 Å². The lowest BCUT2D eigenvalue weighted by Gasteiger charge is -2.44. The van der Waals surface area contributed by atoms with Crippen molar-refractivity contribution >= 4 is 0 Å². The first-order valence-corrected chi connectivity index (χ1v) is 8.48. The minimum absolute atomic E-state index is 0.0755. The van der Waals surface area contributed by atoms with E-state index in [1.807, 2.05) is 0 Å².